The fourth-order valence-corrected chi connectivity index (χ4v) is 5.76. The number of carboxylic acid groups (broad SMARTS) is 1. The van der Waals surface area contributed by atoms with Gasteiger partial charge in [0.15, 0.2) is 0 Å². The molecule has 9 heteroatoms. The third kappa shape index (κ3) is 6.13. The van der Waals surface area contributed by atoms with E-state index < -0.39 is 27.4 Å². The van der Waals surface area contributed by atoms with Gasteiger partial charge in [-0.15, -0.1) is 0 Å². The van der Waals surface area contributed by atoms with Gasteiger partial charge in [-0.3, -0.25) is 9.59 Å². The van der Waals surface area contributed by atoms with Crippen LogP contribution in [0.5, 0.6) is 0 Å². The summed E-state index contributed by atoms with van der Waals surface area (Å²) >= 11 is 5.94. The molecule has 3 rings (SSSR count). The van der Waals surface area contributed by atoms with Crippen LogP contribution in [0.1, 0.15) is 50.7 Å². The minimum Gasteiger partial charge on any atom is -0.481 e. The van der Waals surface area contributed by atoms with E-state index in [1.807, 2.05) is 26.0 Å². The number of benzene rings is 2. The summed E-state index contributed by atoms with van der Waals surface area (Å²) in [6, 6.07) is 12.3. The van der Waals surface area contributed by atoms with Gasteiger partial charge >= 0.3 is 5.97 Å². The minimum atomic E-state index is -3.98. The SMILES string of the molecule is CC(C)(CC(=O)O)c1ccc(CN(C2CCCCNC2=O)S(=O)(=O)c2ccc(Cl)cc2)cc1. The highest BCUT2D eigenvalue weighted by Gasteiger charge is 2.36. The van der Waals surface area contributed by atoms with Crippen molar-refractivity contribution < 1.29 is 23.1 Å². The average Bonchev–Trinajstić information content (AvgIpc) is 2.96. The van der Waals surface area contributed by atoms with Gasteiger partial charge in [0.2, 0.25) is 15.9 Å². The minimum absolute atomic E-state index is 0.0166. The van der Waals surface area contributed by atoms with Crippen molar-refractivity contribution in [3.8, 4) is 0 Å². The fourth-order valence-electron chi connectivity index (χ4n) is 4.02. The summed E-state index contributed by atoms with van der Waals surface area (Å²) in [6.45, 7) is 4.24. The van der Waals surface area contributed by atoms with Crippen LogP contribution in [-0.2, 0) is 31.6 Å². The molecule has 178 valence electrons. The smallest absolute Gasteiger partial charge is 0.304 e. The number of rotatable bonds is 8. The van der Waals surface area contributed by atoms with E-state index in [0.29, 0.717) is 23.6 Å². The number of nitrogens with one attached hydrogen (secondary N) is 1. The van der Waals surface area contributed by atoms with Crippen LogP contribution < -0.4 is 5.32 Å². The van der Waals surface area contributed by atoms with Crippen LogP contribution in [-0.4, -0.2) is 42.3 Å². The number of hydrogen-bond acceptors (Lipinski definition) is 4. The quantitative estimate of drug-likeness (QED) is 0.580. The average molecular weight is 493 g/mol. The molecule has 0 aromatic heterocycles. The zero-order chi connectivity index (χ0) is 24.2. The predicted octanol–water partition coefficient (Wildman–Crippen LogP) is 3.95. The molecule has 2 aromatic rings. The third-order valence-electron chi connectivity index (χ3n) is 5.94. The summed E-state index contributed by atoms with van der Waals surface area (Å²) in [5, 5.41) is 12.4. The molecule has 0 spiro atoms. The number of carbonyl (C=O) groups is 2. The van der Waals surface area contributed by atoms with Crippen LogP contribution in [0.15, 0.2) is 53.4 Å². The van der Waals surface area contributed by atoms with Gasteiger partial charge in [-0.1, -0.05) is 49.7 Å². The van der Waals surface area contributed by atoms with Gasteiger partial charge in [0.05, 0.1) is 11.3 Å². The normalized spacial score (nSPS) is 17.5. The first-order valence-electron chi connectivity index (χ1n) is 10.9. The van der Waals surface area contributed by atoms with Crippen molar-refractivity contribution >= 4 is 33.5 Å². The van der Waals surface area contributed by atoms with Crippen molar-refractivity contribution in [3.05, 3.63) is 64.7 Å². The molecule has 0 bridgehead atoms. The lowest BCUT2D eigenvalue weighted by Crippen LogP contribution is -2.48. The van der Waals surface area contributed by atoms with Crippen molar-refractivity contribution in [2.24, 2.45) is 0 Å². The Morgan fingerprint density at radius 3 is 2.36 bits per heavy atom. The molecule has 2 N–H and O–H groups in total. The van der Waals surface area contributed by atoms with Crippen LogP contribution in [0.3, 0.4) is 0 Å². The highest BCUT2D eigenvalue weighted by molar-refractivity contribution is 7.89. The maximum atomic E-state index is 13.6. The summed E-state index contributed by atoms with van der Waals surface area (Å²) in [5.74, 6) is -1.19. The van der Waals surface area contributed by atoms with Gasteiger partial charge in [0.25, 0.3) is 0 Å². The Kier molecular flexibility index (Phi) is 7.82. The van der Waals surface area contributed by atoms with Gasteiger partial charge in [0.1, 0.15) is 6.04 Å². The summed E-state index contributed by atoms with van der Waals surface area (Å²) in [7, 11) is -3.98. The van der Waals surface area contributed by atoms with Gasteiger partial charge in [-0.2, -0.15) is 4.31 Å². The second kappa shape index (κ2) is 10.2. The Morgan fingerprint density at radius 2 is 1.76 bits per heavy atom. The highest BCUT2D eigenvalue weighted by Crippen LogP contribution is 2.29. The molecule has 1 fully saturated rings. The number of halogens is 1. The highest BCUT2D eigenvalue weighted by atomic mass is 35.5. The summed E-state index contributed by atoms with van der Waals surface area (Å²) < 4.78 is 28.4. The second-order valence-corrected chi connectivity index (χ2v) is 11.3. The van der Waals surface area contributed by atoms with Gasteiger partial charge in [-0.25, -0.2) is 8.42 Å². The molecule has 0 aliphatic carbocycles. The van der Waals surface area contributed by atoms with E-state index in [0.717, 1.165) is 18.4 Å². The first-order chi connectivity index (χ1) is 15.5. The molecule has 1 unspecified atom stereocenters. The first kappa shape index (κ1) is 25.2. The van der Waals surface area contributed by atoms with Crippen molar-refractivity contribution in [1.29, 1.82) is 0 Å². The van der Waals surface area contributed by atoms with E-state index in [4.69, 9.17) is 11.6 Å². The van der Waals surface area contributed by atoms with Crippen LogP contribution in [0.2, 0.25) is 5.02 Å². The summed E-state index contributed by atoms with van der Waals surface area (Å²) in [5.41, 5.74) is 0.980. The molecule has 1 amide bonds. The molecular weight excluding hydrogens is 464 g/mol. The molecule has 1 aliphatic rings. The Morgan fingerprint density at radius 1 is 1.12 bits per heavy atom. The Bertz CT molecular complexity index is 1100. The third-order valence-corrected chi connectivity index (χ3v) is 8.06. The molecule has 7 nitrogen and oxygen atoms in total. The number of nitrogens with zero attached hydrogens (tertiary/aromatic N) is 1. The lowest BCUT2D eigenvalue weighted by Gasteiger charge is -2.29. The molecule has 0 radical (unpaired) electrons. The van der Waals surface area contributed by atoms with Crippen molar-refractivity contribution in [2.75, 3.05) is 6.54 Å². The van der Waals surface area contributed by atoms with E-state index in [9.17, 15) is 23.1 Å². The molecule has 1 saturated heterocycles. The van der Waals surface area contributed by atoms with E-state index in [1.165, 1.54) is 28.6 Å². The fraction of sp³-hybridized carbons (Fsp3) is 0.417. The topological polar surface area (TPSA) is 104 Å². The van der Waals surface area contributed by atoms with Gasteiger partial charge < -0.3 is 10.4 Å². The van der Waals surface area contributed by atoms with Crippen molar-refractivity contribution in [3.63, 3.8) is 0 Å². The number of carbonyl (C=O) groups excluding carboxylic acids is 1. The Labute approximate surface area is 199 Å². The van der Waals surface area contributed by atoms with Crippen LogP contribution >= 0.6 is 11.6 Å². The largest absolute Gasteiger partial charge is 0.481 e. The zero-order valence-electron chi connectivity index (χ0n) is 18.8. The summed E-state index contributed by atoms with van der Waals surface area (Å²) in [6.07, 6.45) is 1.94. The second-order valence-electron chi connectivity index (χ2n) is 8.96. The molecule has 1 heterocycles. The van der Waals surface area contributed by atoms with E-state index in [1.54, 1.807) is 12.1 Å². The van der Waals surface area contributed by atoms with Gasteiger partial charge in [-0.05, 0) is 54.7 Å². The molecule has 2 aromatic carbocycles. The van der Waals surface area contributed by atoms with Crippen molar-refractivity contribution in [2.45, 2.75) is 62.4 Å². The predicted molar refractivity (Wildman–Crippen MR) is 127 cm³/mol. The first-order valence-corrected chi connectivity index (χ1v) is 12.7. The molecule has 0 saturated carbocycles. The number of aliphatic carboxylic acids is 1. The van der Waals surface area contributed by atoms with Crippen LogP contribution in [0.25, 0.3) is 0 Å². The lowest BCUT2D eigenvalue weighted by atomic mass is 9.81. The van der Waals surface area contributed by atoms with Crippen molar-refractivity contribution in [1.82, 2.24) is 9.62 Å². The maximum Gasteiger partial charge on any atom is 0.304 e. The number of amides is 1. The van der Waals surface area contributed by atoms with Crippen LogP contribution in [0, 0.1) is 0 Å². The van der Waals surface area contributed by atoms with Gasteiger partial charge in [0, 0.05) is 23.5 Å². The maximum absolute atomic E-state index is 13.6. The lowest BCUT2D eigenvalue weighted by molar-refractivity contribution is -0.138. The number of sulfonamides is 1. The zero-order valence-corrected chi connectivity index (χ0v) is 20.3. The van der Waals surface area contributed by atoms with E-state index >= 15 is 0 Å². The molecule has 1 aliphatic heterocycles. The molecule has 33 heavy (non-hydrogen) atoms. The molecule has 1 atom stereocenters. The summed E-state index contributed by atoms with van der Waals surface area (Å²) in [4.78, 5) is 24.0. The number of carboxylic acids is 1. The standard InChI is InChI=1S/C24H29ClN2O5S/c1-24(2,15-22(28)29)18-8-6-17(7-9-18)16-27(21-5-3-4-14-26-23(21)30)33(31,32)20-12-10-19(25)11-13-20/h6-13,21H,3-5,14-16H2,1-2H3,(H,26,30)(H,28,29). The number of hydrogen-bond donors (Lipinski definition) is 2. The van der Waals surface area contributed by atoms with E-state index in [2.05, 4.69) is 5.32 Å². The monoisotopic (exact) mass is 492 g/mol. The Hall–Kier alpha value is -2.42. The van der Waals surface area contributed by atoms with E-state index in [-0.39, 0.29) is 23.8 Å². The van der Waals surface area contributed by atoms with Crippen LogP contribution in [0.4, 0.5) is 0 Å². The Balaban J connectivity index is 1.95. The molecular formula is C24H29ClN2O5S.